The van der Waals surface area contributed by atoms with Crippen molar-refractivity contribution in [2.24, 2.45) is 11.1 Å². The summed E-state index contributed by atoms with van der Waals surface area (Å²) in [4.78, 5) is 2.63. The summed E-state index contributed by atoms with van der Waals surface area (Å²) < 4.78 is 0. The number of nitrogens with two attached hydrogens (primary N) is 1. The van der Waals surface area contributed by atoms with Gasteiger partial charge in [0.25, 0.3) is 0 Å². The molecule has 1 rings (SSSR count). The van der Waals surface area contributed by atoms with E-state index >= 15 is 0 Å². The van der Waals surface area contributed by atoms with Crippen molar-refractivity contribution in [1.82, 2.24) is 4.90 Å². The first kappa shape index (κ1) is 13.0. The van der Waals surface area contributed by atoms with Crippen LogP contribution in [0.15, 0.2) is 0 Å². The summed E-state index contributed by atoms with van der Waals surface area (Å²) in [6, 6.07) is 0. The van der Waals surface area contributed by atoms with E-state index in [4.69, 9.17) is 5.73 Å². The Morgan fingerprint density at radius 2 is 1.80 bits per heavy atom. The van der Waals surface area contributed by atoms with E-state index in [1.54, 1.807) is 0 Å². The quantitative estimate of drug-likeness (QED) is 0.686. The van der Waals surface area contributed by atoms with E-state index in [0.717, 1.165) is 6.54 Å². The second kappa shape index (κ2) is 6.49. The lowest BCUT2D eigenvalue weighted by atomic mass is 9.78. The summed E-state index contributed by atoms with van der Waals surface area (Å²) in [7, 11) is 0. The molecule has 0 atom stereocenters. The molecular weight excluding hydrogens is 184 g/mol. The number of piperidine rings is 1. The van der Waals surface area contributed by atoms with Gasteiger partial charge in [0.1, 0.15) is 0 Å². The van der Waals surface area contributed by atoms with Crippen LogP contribution in [-0.4, -0.2) is 31.1 Å². The zero-order chi connectivity index (χ0) is 11.1. The summed E-state index contributed by atoms with van der Waals surface area (Å²) >= 11 is 0. The smallest absolute Gasteiger partial charge is 0.00135 e. The van der Waals surface area contributed by atoms with Crippen molar-refractivity contribution < 1.29 is 0 Å². The lowest BCUT2D eigenvalue weighted by Crippen LogP contribution is -2.38. The lowest BCUT2D eigenvalue weighted by molar-refractivity contribution is 0.113. The maximum Gasteiger partial charge on any atom is -0.00135 e. The molecule has 0 aromatic rings. The second-order valence-corrected chi connectivity index (χ2v) is 5.36. The molecule has 2 heteroatoms. The highest BCUT2D eigenvalue weighted by molar-refractivity contribution is 4.81. The van der Waals surface area contributed by atoms with Gasteiger partial charge >= 0.3 is 0 Å². The van der Waals surface area contributed by atoms with Crippen molar-refractivity contribution in [1.29, 1.82) is 0 Å². The molecule has 0 bridgehead atoms. The second-order valence-electron chi connectivity index (χ2n) is 5.36. The number of unbranched alkanes of at least 4 members (excludes halogenated alkanes) is 2. The van der Waals surface area contributed by atoms with Crippen LogP contribution < -0.4 is 5.73 Å². The molecule has 1 aliphatic rings. The molecule has 1 aliphatic heterocycles. The summed E-state index contributed by atoms with van der Waals surface area (Å²) in [5, 5.41) is 0. The third kappa shape index (κ3) is 4.52. The molecule has 1 saturated heterocycles. The van der Waals surface area contributed by atoms with E-state index in [0.29, 0.717) is 5.41 Å². The molecule has 0 aromatic carbocycles. The Labute approximate surface area is 95.2 Å². The molecule has 1 heterocycles. The maximum atomic E-state index is 5.49. The fraction of sp³-hybridized carbons (Fsp3) is 1.00. The van der Waals surface area contributed by atoms with E-state index in [1.807, 2.05) is 0 Å². The number of likely N-dealkylation sites (tertiary alicyclic amines) is 1. The van der Waals surface area contributed by atoms with Gasteiger partial charge in [-0.2, -0.15) is 0 Å². The molecule has 0 aliphatic carbocycles. The molecule has 90 valence electrons. The Bertz CT molecular complexity index is 160. The first-order valence-electron chi connectivity index (χ1n) is 6.62. The molecular formula is C13H28N2. The Morgan fingerprint density at radius 1 is 1.13 bits per heavy atom. The molecule has 1 fully saturated rings. The molecule has 0 aromatic heterocycles. The predicted molar refractivity (Wildman–Crippen MR) is 67.0 cm³/mol. The molecule has 0 unspecified atom stereocenters. The van der Waals surface area contributed by atoms with Gasteiger partial charge in [-0.3, -0.25) is 0 Å². The average Bonchev–Trinajstić information content (AvgIpc) is 2.27. The molecule has 15 heavy (non-hydrogen) atoms. The highest BCUT2D eigenvalue weighted by Crippen LogP contribution is 2.33. The minimum Gasteiger partial charge on any atom is -0.330 e. The number of rotatable bonds is 6. The van der Waals surface area contributed by atoms with E-state index in [9.17, 15) is 0 Å². The van der Waals surface area contributed by atoms with E-state index in [2.05, 4.69) is 18.7 Å². The van der Waals surface area contributed by atoms with Gasteiger partial charge in [0.05, 0.1) is 0 Å². The van der Waals surface area contributed by atoms with Crippen LogP contribution in [0.1, 0.15) is 52.4 Å². The molecule has 0 amide bonds. The van der Waals surface area contributed by atoms with Gasteiger partial charge in [0.2, 0.25) is 0 Å². The summed E-state index contributed by atoms with van der Waals surface area (Å²) in [5.74, 6) is 0. The Morgan fingerprint density at radius 3 is 2.33 bits per heavy atom. The van der Waals surface area contributed by atoms with Gasteiger partial charge in [0, 0.05) is 0 Å². The van der Waals surface area contributed by atoms with Gasteiger partial charge in [0.15, 0.2) is 0 Å². The van der Waals surface area contributed by atoms with Crippen LogP contribution in [0.4, 0.5) is 0 Å². The topological polar surface area (TPSA) is 29.3 Å². The van der Waals surface area contributed by atoms with Crippen LogP contribution in [0.25, 0.3) is 0 Å². The van der Waals surface area contributed by atoms with Crippen LogP contribution in [0.3, 0.4) is 0 Å². The van der Waals surface area contributed by atoms with Crippen molar-refractivity contribution >= 4 is 0 Å². The van der Waals surface area contributed by atoms with Gasteiger partial charge in [-0.1, -0.05) is 26.7 Å². The third-order valence-corrected chi connectivity index (χ3v) is 4.10. The summed E-state index contributed by atoms with van der Waals surface area (Å²) in [5.41, 5.74) is 6.12. The summed E-state index contributed by atoms with van der Waals surface area (Å²) in [6.07, 6.45) is 7.95. The average molecular weight is 212 g/mol. The van der Waals surface area contributed by atoms with Crippen molar-refractivity contribution in [3.8, 4) is 0 Å². The van der Waals surface area contributed by atoms with Crippen molar-refractivity contribution in [2.75, 3.05) is 26.2 Å². The Balaban J connectivity index is 2.09. The monoisotopic (exact) mass is 212 g/mol. The maximum absolute atomic E-state index is 5.49. The molecule has 0 spiro atoms. The van der Waals surface area contributed by atoms with Gasteiger partial charge in [-0.25, -0.2) is 0 Å². The highest BCUT2D eigenvalue weighted by atomic mass is 15.1. The van der Waals surface area contributed by atoms with Crippen LogP contribution >= 0.6 is 0 Å². The number of nitrogens with zero attached hydrogens (tertiary/aromatic N) is 1. The zero-order valence-corrected chi connectivity index (χ0v) is 10.6. The zero-order valence-electron chi connectivity index (χ0n) is 10.6. The SMILES string of the molecule is CCC1(C)CCN(CCCCCN)CC1. The number of hydrogen-bond donors (Lipinski definition) is 1. The fourth-order valence-corrected chi connectivity index (χ4v) is 2.33. The molecule has 0 saturated carbocycles. The summed E-state index contributed by atoms with van der Waals surface area (Å²) in [6.45, 7) is 9.54. The Kier molecular flexibility index (Phi) is 5.62. The Hall–Kier alpha value is -0.0800. The first-order chi connectivity index (χ1) is 7.20. The van der Waals surface area contributed by atoms with E-state index in [1.165, 1.54) is 58.2 Å². The van der Waals surface area contributed by atoms with Gasteiger partial charge < -0.3 is 10.6 Å². The molecule has 0 radical (unpaired) electrons. The van der Waals surface area contributed by atoms with Gasteiger partial charge in [-0.05, 0) is 57.3 Å². The van der Waals surface area contributed by atoms with Crippen molar-refractivity contribution in [3.63, 3.8) is 0 Å². The highest BCUT2D eigenvalue weighted by Gasteiger charge is 2.27. The van der Waals surface area contributed by atoms with E-state index < -0.39 is 0 Å². The standard InChI is InChI=1S/C13H28N2/c1-3-13(2)7-11-15(12-8-13)10-6-4-5-9-14/h3-12,14H2,1-2H3. The number of hydrogen-bond acceptors (Lipinski definition) is 2. The van der Waals surface area contributed by atoms with Crippen LogP contribution in [0, 0.1) is 5.41 Å². The third-order valence-electron chi connectivity index (χ3n) is 4.10. The molecule has 2 nitrogen and oxygen atoms in total. The van der Waals surface area contributed by atoms with Crippen LogP contribution in [-0.2, 0) is 0 Å². The lowest BCUT2D eigenvalue weighted by Gasteiger charge is -2.39. The largest absolute Gasteiger partial charge is 0.330 e. The normalized spacial score (nSPS) is 21.8. The predicted octanol–water partition coefficient (Wildman–Crippen LogP) is 2.63. The first-order valence-corrected chi connectivity index (χ1v) is 6.62. The fourth-order valence-electron chi connectivity index (χ4n) is 2.33. The minimum absolute atomic E-state index is 0.633. The van der Waals surface area contributed by atoms with Gasteiger partial charge in [-0.15, -0.1) is 0 Å². The van der Waals surface area contributed by atoms with Crippen LogP contribution in [0.5, 0.6) is 0 Å². The van der Waals surface area contributed by atoms with Crippen molar-refractivity contribution in [2.45, 2.75) is 52.4 Å². The molecule has 2 N–H and O–H groups in total. The van der Waals surface area contributed by atoms with Crippen molar-refractivity contribution in [3.05, 3.63) is 0 Å². The minimum atomic E-state index is 0.633. The van der Waals surface area contributed by atoms with E-state index in [-0.39, 0.29) is 0 Å². The van der Waals surface area contributed by atoms with Crippen LogP contribution in [0.2, 0.25) is 0 Å².